The Morgan fingerprint density at radius 1 is 1.23 bits per heavy atom. The number of aromatic nitrogens is 1. The molecule has 0 spiro atoms. The number of hydrogen-bond acceptors (Lipinski definition) is 6. The van der Waals surface area contributed by atoms with Crippen LogP contribution in [0, 0.1) is 0 Å². The Labute approximate surface area is 169 Å². The fourth-order valence-corrected chi connectivity index (χ4v) is 2.60. The van der Waals surface area contributed by atoms with E-state index in [1.165, 1.54) is 23.3 Å². The molecule has 0 fully saturated rings. The number of rotatable bonds is 6. The monoisotopic (exact) mass is 421 g/mol. The van der Waals surface area contributed by atoms with Crippen LogP contribution in [0.25, 0.3) is 0 Å². The van der Waals surface area contributed by atoms with Gasteiger partial charge in [0.25, 0.3) is 11.8 Å². The molecule has 11 heteroatoms. The summed E-state index contributed by atoms with van der Waals surface area (Å²) in [6.07, 6.45) is -3.23. The van der Waals surface area contributed by atoms with Gasteiger partial charge in [-0.25, -0.2) is 15.0 Å². The van der Waals surface area contributed by atoms with Gasteiger partial charge in [0, 0.05) is 18.3 Å². The average Bonchev–Trinajstić information content (AvgIpc) is 2.73. The molecule has 1 unspecified atom stereocenters. The molecule has 2 aromatic rings. The van der Waals surface area contributed by atoms with Crippen molar-refractivity contribution in [2.75, 3.05) is 11.6 Å². The molecule has 3 rings (SSSR count). The lowest BCUT2D eigenvalue weighted by atomic mass is 10.2. The number of ether oxygens (including phenoxy) is 1. The second-order valence-electron chi connectivity index (χ2n) is 6.33. The topological polar surface area (TPSA) is 95.9 Å². The van der Waals surface area contributed by atoms with Gasteiger partial charge in [0.1, 0.15) is 6.04 Å². The van der Waals surface area contributed by atoms with Crippen molar-refractivity contribution in [3.63, 3.8) is 0 Å². The van der Waals surface area contributed by atoms with E-state index in [0.717, 1.165) is 0 Å². The summed E-state index contributed by atoms with van der Waals surface area (Å²) in [5.74, 6) is -1.32. The minimum atomic E-state index is -4.51. The molecule has 2 N–H and O–H groups in total. The van der Waals surface area contributed by atoms with Crippen molar-refractivity contribution < 1.29 is 27.5 Å². The molecule has 30 heavy (non-hydrogen) atoms. The molecule has 0 bridgehead atoms. The first-order valence-corrected chi connectivity index (χ1v) is 8.90. The van der Waals surface area contributed by atoms with Crippen LogP contribution in [-0.4, -0.2) is 41.5 Å². The summed E-state index contributed by atoms with van der Waals surface area (Å²) in [5.41, 5.74) is 3.46. The highest BCUT2D eigenvalue weighted by atomic mass is 19.4. The van der Waals surface area contributed by atoms with Gasteiger partial charge in [-0.15, -0.1) is 0 Å². The zero-order chi connectivity index (χ0) is 21.7. The predicted molar refractivity (Wildman–Crippen MR) is 102 cm³/mol. The van der Waals surface area contributed by atoms with E-state index in [1.54, 1.807) is 37.3 Å². The zero-order valence-corrected chi connectivity index (χ0v) is 15.8. The second kappa shape index (κ2) is 8.80. The number of amidine groups is 1. The van der Waals surface area contributed by atoms with Gasteiger partial charge in [-0.3, -0.25) is 15.0 Å². The van der Waals surface area contributed by atoms with Gasteiger partial charge in [-0.2, -0.15) is 13.2 Å². The Bertz CT molecular complexity index is 950. The van der Waals surface area contributed by atoms with Crippen LogP contribution >= 0.6 is 0 Å². The van der Waals surface area contributed by atoms with Crippen LogP contribution in [0.1, 0.15) is 12.5 Å². The molecule has 0 aliphatic carbocycles. The Morgan fingerprint density at radius 2 is 1.97 bits per heavy atom. The number of halogens is 3. The van der Waals surface area contributed by atoms with E-state index < -0.39 is 24.7 Å². The van der Waals surface area contributed by atoms with E-state index in [0.29, 0.717) is 5.69 Å². The van der Waals surface area contributed by atoms with Crippen LogP contribution < -0.4 is 20.5 Å². The number of pyridine rings is 1. The van der Waals surface area contributed by atoms with E-state index in [1.807, 2.05) is 0 Å². The smallest absolute Gasteiger partial charge is 0.422 e. The lowest BCUT2D eigenvalue weighted by Gasteiger charge is -2.30. The minimum Gasteiger partial charge on any atom is -0.468 e. The fraction of sp³-hybridized carbons (Fsp3) is 0.263. The quantitative estimate of drug-likeness (QED) is 0.744. The number of benzene rings is 1. The van der Waals surface area contributed by atoms with Crippen molar-refractivity contribution in [1.82, 2.24) is 15.7 Å². The largest absolute Gasteiger partial charge is 0.468 e. The Balaban J connectivity index is 1.68. The van der Waals surface area contributed by atoms with Gasteiger partial charge in [-0.1, -0.05) is 24.3 Å². The Kier molecular flexibility index (Phi) is 6.19. The van der Waals surface area contributed by atoms with Crippen LogP contribution in [0.4, 0.5) is 18.9 Å². The summed E-state index contributed by atoms with van der Waals surface area (Å²) in [5, 5.41) is 3.76. The zero-order valence-electron chi connectivity index (χ0n) is 15.8. The number of amides is 2. The summed E-state index contributed by atoms with van der Waals surface area (Å²) in [6.45, 7) is -0.0876. The average molecular weight is 421 g/mol. The molecule has 0 saturated heterocycles. The number of para-hydroxylation sites is 1. The maximum atomic E-state index is 12.5. The molecule has 1 aliphatic rings. The molecule has 1 aliphatic heterocycles. The maximum absolute atomic E-state index is 12.5. The maximum Gasteiger partial charge on any atom is 0.422 e. The van der Waals surface area contributed by atoms with Gasteiger partial charge in [0.2, 0.25) is 11.7 Å². The predicted octanol–water partition coefficient (Wildman–Crippen LogP) is 1.98. The molecule has 158 valence electrons. The second-order valence-corrected chi connectivity index (χ2v) is 6.33. The summed E-state index contributed by atoms with van der Waals surface area (Å²) in [4.78, 5) is 32.7. The number of hydrogen-bond donors (Lipinski definition) is 2. The molecular formula is C19H18F3N5O3. The highest BCUT2D eigenvalue weighted by Crippen LogP contribution is 2.20. The first-order chi connectivity index (χ1) is 14.2. The van der Waals surface area contributed by atoms with E-state index in [4.69, 9.17) is 4.74 Å². The summed E-state index contributed by atoms with van der Waals surface area (Å²) >= 11 is 0. The highest BCUT2D eigenvalue weighted by molar-refractivity contribution is 6.39. The number of hydrazine groups is 1. The van der Waals surface area contributed by atoms with Crippen LogP contribution in [0.2, 0.25) is 0 Å². The number of alkyl halides is 3. The molecule has 2 amide bonds. The summed E-state index contributed by atoms with van der Waals surface area (Å²) in [7, 11) is 0. The molecule has 0 radical (unpaired) electrons. The van der Waals surface area contributed by atoms with Crippen molar-refractivity contribution in [3.05, 3.63) is 54.2 Å². The number of aliphatic imine (C=N–C) groups is 1. The number of carbonyl (C=O) groups is 2. The lowest BCUT2D eigenvalue weighted by molar-refractivity contribution is -0.154. The van der Waals surface area contributed by atoms with E-state index in [2.05, 4.69) is 20.7 Å². The molecule has 8 nitrogen and oxygen atoms in total. The molecule has 2 heterocycles. The van der Waals surface area contributed by atoms with Crippen molar-refractivity contribution in [3.8, 4) is 5.88 Å². The van der Waals surface area contributed by atoms with Crippen molar-refractivity contribution in [2.45, 2.75) is 25.7 Å². The van der Waals surface area contributed by atoms with Crippen LogP contribution in [0.5, 0.6) is 5.88 Å². The SMILES string of the molecule is CC1N=C(C(=O)NCc2cccnc2OCC(F)(F)F)NN(c2ccccc2)C1=O. The third-order valence-electron chi connectivity index (χ3n) is 4.01. The first-order valence-electron chi connectivity index (χ1n) is 8.90. The summed E-state index contributed by atoms with van der Waals surface area (Å²) in [6, 6.07) is 10.9. The fourth-order valence-electron chi connectivity index (χ4n) is 2.60. The third kappa shape index (κ3) is 5.25. The molecule has 0 saturated carbocycles. The molecule has 1 atom stereocenters. The first kappa shape index (κ1) is 21.1. The van der Waals surface area contributed by atoms with Gasteiger partial charge in [0.05, 0.1) is 5.69 Å². The summed E-state index contributed by atoms with van der Waals surface area (Å²) < 4.78 is 41.9. The van der Waals surface area contributed by atoms with Gasteiger partial charge in [0.15, 0.2) is 6.61 Å². The lowest BCUT2D eigenvalue weighted by Crippen LogP contribution is -2.57. The van der Waals surface area contributed by atoms with Crippen LogP contribution in [-0.2, 0) is 16.1 Å². The number of anilines is 1. The Hall–Kier alpha value is -3.63. The van der Waals surface area contributed by atoms with E-state index in [9.17, 15) is 22.8 Å². The third-order valence-corrected chi connectivity index (χ3v) is 4.01. The van der Waals surface area contributed by atoms with Crippen LogP contribution in [0.15, 0.2) is 53.7 Å². The minimum absolute atomic E-state index is 0.104. The van der Waals surface area contributed by atoms with Gasteiger partial charge < -0.3 is 10.1 Å². The normalized spacial score (nSPS) is 16.5. The Morgan fingerprint density at radius 3 is 2.67 bits per heavy atom. The van der Waals surface area contributed by atoms with Crippen molar-refractivity contribution >= 4 is 23.3 Å². The van der Waals surface area contributed by atoms with Gasteiger partial charge >= 0.3 is 6.18 Å². The van der Waals surface area contributed by atoms with Crippen LogP contribution in [0.3, 0.4) is 0 Å². The molecule has 1 aromatic heterocycles. The van der Waals surface area contributed by atoms with E-state index >= 15 is 0 Å². The number of nitrogens with zero attached hydrogens (tertiary/aromatic N) is 3. The number of carbonyl (C=O) groups excluding carboxylic acids is 2. The standard InChI is InChI=1S/C19H18F3N5O3/c1-12-18(29)27(14-7-3-2-4-8-14)26-15(25-12)16(28)24-10-13-6-5-9-23-17(13)30-11-19(20,21)22/h2-9,12H,10-11H2,1H3,(H,24,28)(H,25,26). The molecular weight excluding hydrogens is 403 g/mol. The van der Waals surface area contributed by atoms with Crippen molar-refractivity contribution in [2.24, 2.45) is 4.99 Å². The number of nitrogens with one attached hydrogen (secondary N) is 2. The highest BCUT2D eigenvalue weighted by Gasteiger charge is 2.31. The van der Waals surface area contributed by atoms with E-state index in [-0.39, 0.29) is 29.7 Å². The molecule has 1 aromatic carbocycles. The van der Waals surface area contributed by atoms with Gasteiger partial charge in [-0.05, 0) is 25.1 Å². The van der Waals surface area contributed by atoms with Crippen molar-refractivity contribution in [1.29, 1.82) is 0 Å².